The second-order valence-electron chi connectivity index (χ2n) is 16.1. The van der Waals surface area contributed by atoms with Gasteiger partial charge in [-0.3, -0.25) is 19.5 Å². The molecule has 3 aromatic carbocycles. The summed E-state index contributed by atoms with van der Waals surface area (Å²) in [5, 5.41) is 4.85. The highest BCUT2D eigenvalue weighted by Gasteiger charge is 2.39. The van der Waals surface area contributed by atoms with Gasteiger partial charge in [0.05, 0.1) is 31.1 Å². The van der Waals surface area contributed by atoms with Crippen LogP contribution in [0.3, 0.4) is 0 Å². The molecule has 5 aromatic rings. The van der Waals surface area contributed by atoms with Gasteiger partial charge in [-0.2, -0.15) is 0 Å². The van der Waals surface area contributed by atoms with Crippen LogP contribution in [0.25, 0.3) is 28.0 Å². The predicted molar refractivity (Wildman–Crippen MR) is 242 cm³/mol. The van der Waals surface area contributed by atoms with Crippen molar-refractivity contribution in [3.05, 3.63) is 131 Å². The molecule has 3 amide bonds. The number of imidazole rings is 1. The smallest absolute Gasteiger partial charge is 0.407 e. The van der Waals surface area contributed by atoms with Crippen molar-refractivity contribution in [1.82, 2.24) is 30.0 Å². The average Bonchev–Trinajstić information content (AvgIpc) is 4.16. The maximum absolute atomic E-state index is 14.3. The molecule has 4 atom stereocenters. The molecule has 316 valence electrons. The second-order valence-corrected chi connectivity index (χ2v) is 17.1. The fourth-order valence-electron chi connectivity index (χ4n) is 9.22. The predicted octanol–water partition coefficient (Wildman–Crippen LogP) is 9.09. The summed E-state index contributed by atoms with van der Waals surface area (Å²) in [6.07, 6.45) is 8.41. The molecule has 0 radical (unpaired) electrons. The van der Waals surface area contributed by atoms with Crippen molar-refractivity contribution >= 4 is 40.5 Å². The lowest BCUT2D eigenvalue weighted by molar-refractivity contribution is -0.137. The summed E-state index contributed by atoms with van der Waals surface area (Å²) < 4.78 is 4.85. The lowest BCUT2D eigenvalue weighted by atomic mass is 9.96. The Morgan fingerprint density at radius 1 is 0.852 bits per heavy atom. The Morgan fingerprint density at radius 2 is 1.52 bits per heavy atom. The van der Waals surface area contributed by atoms with Crippen molar-refractivity contribution in [3.8, 4) is 22.4 Å². The Kier molecular flexibility index (Phi) is 13.2. The number of benzene rings is 3. The van der Waals surface area contributed by atoms with Gasteiger partial charge in [0.1, 0.15) is 11.9 Å². The molecule has 0 unspecified atom stereocenters. The third-order valence-corrected chi connectivity index (χ3v) is 13.3. The fraction of sp³-hybridized carbons (Fsp3) is 0.367. The number of carbonyl (C=O) groups excluding carboxylic acids is 3. The standard InChI is InChI=1S/C49H55N7O4S/c1-4-54(5-2)46(37-12-7-6-8-13-37)48(58)56-26-9-15-43(56)41-28-38(31-50-41)35-19-17-33(18-20-35)34-21-23-36(24-22-34)42-32-51-47(53-42)44-16-10-25-55(44)45(57)30-39(52-49(59)60-3)29-40-14-11-27-61-40/h6-8,11-14,17-24,27,31-32,39,43-44,46H,4-5,9-10,15-16,25-26,28-30H2,1-3H3,(H,51,53)(H,52,59)/t39-,43+,44+,46-/m1/s1. The number of H-pyrrole nitrogens is 1. The molecule has 11 nitrogen and oxygen atoms in total. The molecule has 0 spiro atoms. The van der Waals surface area contributed by atoms with E-state index in [1.807, 2.05) is 53.0 Å². The summed E-state index contributed by atoms with van der Waals surface area (Å²) in [4.78, 5) is 60.5. The van der Waals surface area contributed by atoms with Crippen LogP contribution < -0.4 is 5.32 Å². The minimum atomic E-state index is -0.539. The molecule has 0 aliphatic carbocycles. The van der Waals surface area contributed by atoms with Crippen LogP contribution >= 0.6 is 11.3 Å². The highest BCUT2D eigenvalue weighted by atomic mass is 32.1. The molecule has 0 saturated carbocycles. The number of aromatic nitrogens is 2. The van der Waals surface area contributed by atoms with Gasteiger partial charge in [-0.05, 0) is 83.6 Å². The fourth-order valence-corrected chi connectivity index (χ4v) is 10.0. The number of ether oxygens (including phenoxy) is 1. The highest BCUT2D eigenvalue weighted by molar-refractivity contribution is 7.09. The zero-order valence-electron chi connectivity index (χ0n) is 35.3. The van der Waals surface area contributed by atoms with Crippen LogP contribution in [0.5, 0.6) is 0 Å². The van der Waals surface area contributed by atoms with E-state index in [0.29, 0.717) is 13.0 Å². The average molecular weight is 838 g/mol. The van der Waals surface area contributed by atoms with Gasteiger partial charge in [0, 0.05) is 55.2 Å². The molecule has 3 aliphatic heterocycles. The number of nitrogens with one attached hydrogen (secondary N) is 2. The molecule has 2 N–H and O–H groups in total. The van der Waals surface area contributed by atoms with Gasteiger partial charge in [-0.25, -0.2) is 9.78 Å². The first-order valence-corrected chi connectivity index (χ1v) is 22.5. The number of hydrogen-bond donors (Lipinski definition) is 2. The summed E-state index contributed by atoms with van der Waals surface area (Å²) in [5.74, 6) is 0.931. The first kappa shape index (κ1) is 41.9. The van der Waals surface area contributed by atoms with Crippen LogP contribution in [-0.4, -0.2) is 93.7 Å². The number of carbonyl (C=O) groups is 3. The van der Waals surface area contributed by atoms with Crippen molar-refractivity contribution in [2.75, 3.05) is 33.3 Å². The number of aromatic amines is 1. The van der Waals surface area contributed by atoms with E-state index in [4.69, 9.17) is 14.7 Å². The summed E-state index contributed by atoms with van der Waals surface area (Å²) in [6.45, 7) is 7.27. The quantitative estimate of drug-likeness (QED) is 0.109. The van der Waals surface area contributed by atoms with Crippen LogP contribution in [0.15, 0.2) is 114 Å². The van der Waals surface area contributed by atoms with E-state index in [-0.39, 0.29) is 42.4 Å². The zero-order chi connectivity index (χ0) is 42.3. The van der Waals surface area contributed by atoms with Crippen LogP contribution in [0.1, 0.15) is 86.3 Å². The molecule has 3 aliphatic rings. The number of likely N-dealkylation sites (tertiary alicyclic amines) is 2. The topological polar surface area (TPSA) is 123 Å². The first-order valence-electron chi connectivity index (χ1n) is 21.6. The van der Waals surface area contributed by atoms with E-state index in [1.54, 1.807) is 11.3 Å². The zero-order valence-corrected chi connectivity index (χ0v) is 36.1. The van der Waals surface area contributed by atoms with Gasteiger partial charge < -0.3 is 24.8 Å². The Labute approximate surface area is 362 Å². The Hall–Kier alpha value is -5.85. The van der Waals surface area contributed by atoms with Crippen LogP contribution in [0.2, 0.25) is 0 Å². The number of alkyl carbamates (subject to hydrolysis) is 1. The van der Waals surface area contributed by atoms with Gasteiger partial charge in [0.25, 0.3) is 0 Å². The molecule has 61 heavy (non-hydrogen) atoms. The molecule has 12 heteroatoms. The highest BCUT2D eigenvalue weighted by Crippen LogP contribution is 2.35. The first-order chi connectivity index (χ1) is 29.8. The number of nitrogens with zero attached hydrogens (tertiary/aromatic N) is 5. The maximum Gasteiger partial charge on any atom is 0.407 e. The molecule has 0 bridgehead atoms. The molecule has 8 rings (SSSR count). The summed E-state index contributed by atoms with van der Waals surface area (Å²) in [6, 6.07) is 30.5. The van der Waals surface area contributed by atoms with Gasteiger partial charge in [0.2, 0.25) is 11.8 Å². The molecular formula is C49H55N7O4S. The van der Waals surface area contributed by atoms with Gasteiger partial charge in [-0.1, -0.05) is 98.8 Å². The van der Waals surface area contributed by atoms with Crippen molar-refractivity contribution in [3.63, 3.8) is 0 Å². The van der Waals surface area contributed by atoms with E-state index < -0.39 is 6.09 Å². The van der Waals surface area contributed by atoms with Crippen molar-refractivity contribution in [1.29, 1.82) is 0 Å². The number of rotatable bonds is 15. The van der Waals surface area contributed by atoms with E-state index in [9.17, 15) is 14.4 Å². The molecular weight excluding hydrogens is 783 g/mol. The summed E-state index contributed by atoms with van der Waals surface area (Å²) in [5.41, 5.74) is 8.58. The number of methoxy groups -OCH3 is 1. The number of likely N-dealkylation sites (N-methyl/N-ethyl adjacent to an activating group) is 1. The second kappa shape index (κ2) is 19.2. The largest absolute Gasteiger partial charge is 0.453 e. The minimum absolute atomic E-state index is 0.0125. The van der Waals surface area contributed by atoms with Crippen LogP contribution in [0, 0.1) is 0 Å². The third-order valence-electron chi connectivity index (χ3n) is 12.4. The van der Waals surface area contributed by atoms with Crippen molar-refractivity contribution < 1.29 is 19.1 Å². The van der Waals surface area contributed by atoms with E-state index in [2.05, 4.69) is 94.6 Å². The maximum atomic E-state index is 14.3. The monoisotopic (exact) mass is 837 g/mol. The van der Waals surface area contributed by atoms with E-state index in [0.717, 1.165) is 102 Å². The van der Waals surface area contributed by atoms with Gasteiger partial charge >= 0.3 is 6.09 Å². The normalized spacial score (nSPS) is 18.6. The number of aliphatic imine (C=N–C) groups is 1. The van der Waals surface area contributed by atoms with E-state index >= 15 is 0 Å². The van der Waals surface area contributed by atoms with Gasteiger partial charge in [0.15, 0.2) is 0 Å². The Balaban J connectivity index is 0.880. The number of allylic oxidation sites excluding steroid dienone is 1. The lowest BCUT2D eigenvalue weighted by Gasteiger charge is -2.35. The molecule has 2 saturated heterocycles. The Bertz CT molecular complexity index is 2340. The lowest BCUT2D eigenvalue weighted by Crippen LogP contribution is -2.47. The van der Waals surface area contributed by atoms with Crippen molar-refractivity contribution in [2.24, 2.45) is 4.99 Å². The Morgan fingerprint density at radius 3 is 2.20 bits per heavy atom. The van der Waals surface area contributed by atoms with Crippen molar-refractivity contribution in [2.45, 2.75) is 83.0 Å². The molecule has 2 fully saturated rings. The minimum Gasteiger partial charge on any atom is -0.453 e. The number of hydrogen-bond acceptors (Lipinski definition) is 8. The van der Waals surface area contributed by atoms with E-state index in [1.165, 1.54) is 12.7 Å². The molecule has 2 aromatic heterocycles. The summed E-state index contributed by atoms with van der Waals surface area (Å²) >= 11 is 1.61. The third kappa shape index (κ3) is 9.40. The van der Waals surface area contributed by atoms with Gasteiger partial charge in [-0.15, -0.1) is 11.3 Å². The SMILES string of the molecule is CCN(CC)[C@@H](C(=O)N1CCC[C@H]1C1=NC=C(c2ccc(-c3ccc(-c4cnc([C@@H]5CCCN5C(=O)C[C@@H](Cc5cccs5)NC(=O)OC)[nH]4)cc3)cc2)C1)c1ccccc1. The van der Waals surface area contributed by atoms with Crippen LogP contribution in [0.4, 0.5) is 4.79 Å². The summed E-state index contributed by atoms with van der Waals surface area (Å²) in [7, 11) is 1.33. The van der Waals surface area contributed by atoms with Crippen LogP contribution in [-0.2, 0) is 20.7 Å². The molecule has 5 heterocycles. The number of thiophene rings is 1. The number of amides is 3.